The van der Waals surface area contributed by atoms with Gasteiger partial charge in [-0.3, -0.25) is 4.98 Å². The molecule has 0 radical (unpaired) electrons. The summed E-state index contributed by atoms with van der Waals surface area (Å²) in [5.41, 5.74) is 5.21. The summed E-state index contributed by atoms with van der Waals surface area (Å²) in [6, 6.07) is 12.4. The van der Waals surface area contributed by atoms with Crippen LogP contribution in [0.4, 0.5) is 21.6 Å². The van der Waals surface area contributed by atoms with E-state index < -0.39 is 0 Å². The van der Waals surface area contributed by atoms with E-state index in [0.717, 1.165) is 66.1 Å². The highest BCUT2D eigenvalue weighted by Gasteiger charge is 2.28. The standard InChI is InChI=1S/C30H29Cl2FN4/c1-4-10-37(5-2)29-9-8-23(16-35-29)36-30-25-14-24(20-11-21(31)13-22(32)12-20)27(33)15-28(25)34-17-26(30)18(3)19-6-7-19/h8-9,11-17,19H,3-7,10H2,1-2H3,(H,34,36). The first-order valence-electron chi connectivity index (χ1n) is 12.6. The topological polar surface area (TPSA) is 41.1 Å². The number of fused-ring (bicyclic) bond motifs is 1. The minimum absolute atomic E-state index is 0.389. The van der Waals surface area contributed by atoms with E-state index in [4.69, 9.17) is 28.2 Å². The Hall–Kier alpha value is -3.15. The predicted octanol–water partition coefficient (Wildman–Crippen LogP) is 9.15. The summed E-state index contributed by atoms with van der Waals surface area (Å²) in [5.74, 6) is 0.998. The minimum atomic E-state index is -0.389. The molecule has 1 aliphatic rings. The third-order valence-electron chi connectivity index (χ3n) is 6.76. The first-order chi connectivity index (χ1) is 17.9. The van der Waals surface area contributed by atoms with Crippen molar-refractivity contribution in [1.82, 2.24) is 9.97 Å². The number of hydrogen-bond acceptors (Lipinski definition) is 4. The molecule has 0 amide bonds. The quantitative estimate of drug-likeness (QED) is 0.232. The van der Waals surface area contributed by atoms with Crippen molar-refractivity contribution in [2.75, 3.05) is 23.3 Å². The van der Waals surface area contributed by atoms with Crippen LogP contribution in [0.2, 0.25) is 10.0 Å². The molecule has 190 valence electrons. The van der Waals surface area contributed by atoms with E-state index in [0.29, 0.717) is 32.6 Å². The number of halogens is 3. The van der Waals surface area contributed by atoms with Crippen molar-refractivity contribution in [3.8, 4) is 11.1 Å². The van der Waals surface area contributed by atoms with Crippen LogP contribution in [-0.2, 0) is 0 Å². The molecule has 0 unspecified atom stereocenters. The second kappa shape index (κ2) is 10.7. The Kier molecular flexibility index (Phi) is 7.36. The van der Waals surface area contributed by atoms with E-state index in [9.17, 15) is 0 Å². The van der Waals surface area contributed by atoms with Crippen LogP contribution in [0.3, 0.4) is 0 Å². The van der Waals surface area contributed by atoms with Gasteiger partial charge in [0.1, 0.15) is 11.6 Å². The van der Waals surface area contributed by atoms with Crippen molar-refractivity contribution in [1.29, 1.82) is 0 Å². The monoisotopic (exact) mass is 534 g/mol. The lowest BCUT2D eigenvalue weighted by atomic mass is 9.97. The molecule has 0 aliphatic heterocycles. The molecule has 2 heterocycles. The Bertz CT molecular complexity index is 1440. The van der Waals surface area contributed by atoms with Gasteiger partial charge in [-0.2, -0.15) is 0 Å². The first-order valence-corrected chi connectivity index (χ1v) is 13.4. The fourth-order valence-electron chi connectivity index (χ4n) is 4.67. The van der Waals surface area contributed by atoms with Crippen molar-refractivity contribution in [2.24, 2.45) is 5.92 Å². The second-order valence-corrected chi connectivity index (χ2v) is 10.3. The number of benzene rings is 2. The largest absolute Gasteiger partial charge is 0.357 e. The highest BCUT2D eigenvalue weighted by Crippen LogP contribution is 2.45. The van der Waals surface area contributed by atoms with E-state index in [-0.39, 0.29) is 5.82 Å². The third-order valence-corrected chi connectivity index (χ3v) is 7.20. The molecule has 4 aromatic rings. The molecule has 4 nitrogen and oxygen atoms in total. The van der Waals surface area contributed by atoms with E-state index in [1.165, 1.54) is 6.07 Å². The van der Waals surface area contributed by atoms with Crippen molar-refractivity contribution in [2.45, 2.75) is 33.1 Å². The highest BCUT2D eigenvalue weighted by atomic mass is 35.5. The molecule has 0 spiro atoms. The van der Waals surface area contributed by atoms with Crippen molar-refractivity contribution in [3.63, 3.8) is 0 Å². The first kappa shape index (κ1) is 25.5. The van der Waals surface area contributed by atoms with Crippen LogP contribution in [0.5, 0.6) is 0 Å². The smallest absolute Gasteiger partial charge is 0.133 e. The minimum Gasteiger partial charge on any atom is -0.357 e. The van der Waals surface area contributed by atoms with E-state index in [1.807, 2.05) is 24.4 Å². The molecule has 37 heavy (non-hydrogen) atoms. The Morgan fingerprint density at radius 3 is 2.43 bits per heavy atom. The molecular formula is C30H29Cl2FN4. The average molecular weight is 535 g/mol. The van der Waals surface area contributed by atoms with Crippen LogP contribution in [-0.4, -0.2) is 23.1 Å². The number of nitrogens with one attached hydrogen (secondary N) is 1. The lowest BCUT2D eigenvalue weighted by Gasteiger charge is -2.22. The Balaban J connectivity index is 1.62. The predicted molar refractivity (Wildman–Crippen MR) is 155 cm³/mol. The van der Waals surface area contributed by atoms with E-state index in [2.05, 4.69) is 35.6 Å². The van der Waals surface area contributed by atoms with Gasteiger partial charge in [0.15, 0.2) is 0 Å². The highest BCUT2D eigenvalue weighted by molar-refractivity contribution is 6.35. The summed E-state index contributed by atoms with van der Waals surface area (Å²) < 4.78 is 15.3. The van der Waals surface area contributed by atoms with Crippen LogP contribution >= 0.6 is 23.2 Å². The molecule has 7 heteroatoms. The van der Waals surface area contributed by atoms with Crippen molar-refractivity contribution in [3.05, 3.63) is 82.9 Å². The van der Waals surface area contributed by atoms with Gasteiger partial charge in [0.05, 0.1) is 23.1 Å². The van der Waals surface area contributed by atoms with Gasteiger partial charge in [0, 0.05) is 51.9 Å². The number of aromatic nitrogens is 2. The lowest BCUT2D eigenvalue weighted by molar-refractivity contribution is 0.633. The maximum absolute atomic E-state index is 15.3. The van der Waals surface area contributed by atoms with Crippen LogP contribution in [0.15, 0.2) is 61.4 Å². The molecule has 1 fully saturated rings. The summed E-state index contributed by atoms with van der Waals surface area (Å²) in [5, 5.41) is 5.25. The summed E-state index contributed by atoms with van der Waals surface area (Å²) in [6.07, 6.45) is 6.92. The Morgan fingerprint density at radius 1 is 1.05 bits per heavy atom. The SMILES string of the molecule is C=C(c1cnc2cc(F)c(-c3cc(Cl)cc(Cl)c3)cc2c1Nc1ccc(N(CC)CCC)nc1)C1CC1. The second-order valence-electron chi connectivity index (χ2n) is 9.46. The molecule has 1 saturated carbocycles. The van der Waals surface area contributed by atoms with Gasteiger partial charge in [-0.25, -0.2) is 9.37 Å². The van der Waals surface area contributed by atoms with E-state index >= 15 is 4.39 Å². The number of pyridine rings is 2. The maximum Gasteiger partial charge on any atom is 0.133 e. The van der Waals surface area contributed by atoms with Gasteiger partial charge in [-0.1, -0.05) is 36.7 Å². The number of allylic oxidation sites excluding steroid dienone is 1. The molecular weight excluding hydrogens is 506 g/mol. The van der Waals surface area contributed by atoms with Crippen LogP contribution in [0, 0.1) is 11.7 Å². The summed E-state index contributed by atoms with van der Waals surface area (Å²) in [6.45, 7) is 10.5. The number of anilines is 3. The van der Waals surface area contributed by atoms with Gasteiger partial charge in [0.2, 0.25) is 0 Å². The van der Waals surface area contributed by atoms with Crippen LogP contribution in [0.25, 0.3) is 27.6 Å². The molecule has 1 aliphatic carbocycles. The summed E-state index contributed by atoms with van der Waals surface area (Å²) in [7, 11) is 0. The molecule has 5 rings (SSSR count). The molecule has 0 atom stereocenters. The number of nitrogens with zero attached hydrogens (tertiary/aromatic N) is 3. The normalized spacial score (nSPS) is 13.1. The van der Waals surface area contributed by atoms with Gasteiger partial charge in [-0.15, -0.1) is 0 Å². The average Bonchev–Trinajstić information content (AvgIpc) is 3.72. The molecule has 2 aromatic carbocycles. The zero-order chi connectivity index (χ0) is 26.1. The molecule has 1 N–H and O–H groups in total. The van der Waals surface area contributed by atoms with Crippen molar-refractivity contribution >= 4 is 56.9 Å². The van der Waals surface area contributed by atoms with Gasteiger partial charge in [-0.05, 0) is 79.6 Å². The zero-order valence-corrected chi connectivity index (χ0v) is 22.5. The van der Waals surface area contributed by atoms with Gasteiger partial charge < -0.3 is 10.2 Å². The van der Waals surface area contributed by atoms with Crippen LogP contribution in [0.1, 0.15) is 38.7 Å². The zero-order valence-electron chi connectivity index (χ0n) is 21.0. The maximum atomic E-state index is 15.3. The Morgan fingerprint density at radius 2 is 1.81 bits per heavy atom. The summed E-state index contributed by atoms with van der Waals surface area (Å²) in [4.78, 5) is 11.5. The lowest BCUT2D eigenvalue weighted by Crippen LogP contribution is -2.24. The van der Waals surface area contributed by atoms with Gasteiger partial charge in [0.25, 0.3) is 0 Å². The molecule has 0 saturated heterocycles. The van der Waals surface area contributed by atoms with Crippen LogP contribution < -0.4 is 10.2 Å². The van der Waals surface area contributed by atoms with Crippen molar-refractivity contribution < 1.29 is 4.39 Å². The van der Waals surface area contributed by atoms with E-state index in [1.54, 1.807) is 24.4 Å². The molecule has 2 aromatic heterocycles. The number of rotatable bonds is 9. The fourth-order valence-corrected chi connectivity index (χ4v) is 5.20. The fraction of sp³-hybridized carbons (Fsp3) is 0.267. The third kappa shape index (κ3) is 5.43. The Labute approximate surface area is 227 Å². The number of hydrogen-bond donors (Lipinski definition) is 1. The molecule has 0 bridgehead atoms. The van der Waals surface area contributed by atoms with Gasteiger partial charge >= 0.3 is 0 Å². The summed E-state index contributed by atoms with van der Waals surface area (Å²) >= 11 is 12.5.